The van der Waals surface area contributed by atoms with Gasteiger partial charge in [-0.1, -0.05) is 36.4 Å². The number of aromatic amines is 1. The molecule has 0 saturated heterocycles. The molecule has 3 aromatic rings. The number of H-pyrrole nitrogens is 1. The molecule has 2 aromatic heterocycles. The van der Waals surface area contributed by atoms with Gasteiger partial charge in [-0.25, -0.2) is 5.43 Å². The van der Waals surface area contributed by atoms with E-state index in [-0.39, 0.29) is 5.91 Å². The summed E-state index contributed by atoms with van der Waals surface area (Å²) in [5.74, 6) is -0.359. The summed E-state index contributed by atoms with van der Waals surface area (Å²) in [6.45, 7) is 1.92. The quantitative estimate of drug-likeness (QED) is 0.468. The number of aromatic nitrogens is 2. The molecule has 1 aromatic carbocycles. The van der Waals surface area contributed by atoms with Gasteiger partial charge in [0.1, 0.15) is 0 Å². The van der Waals surface area contributed by atoms with Gasteiger partial charge < -0.3 is 0 Å². The van der Waals surface area contributed by atoms with Crippen LogP contribution in [0.5, 0.6) is 0 Å². The average molecular weight is 415 g/mol. The highest BCUT2D eigenvalue weighted by Crippen LogP contribution is 2.30. The number of rotatable bonds is 5. The highest BCUT2D eigenvalue weighted by Gasteiger charge is 2.11. The molecule has 0 bridgehead atoms. The van der Waals surface area contributed by atoms with Crippen molar-refractivity contribution in [3.8, 4) is 10.6 Å². The Morgan fingerprint density at radius 2 is 2.08 bits per heavy atom. The summed E-state index contributed by atoms with van der Waals surface area (Å²) in [6, 6.07) is 15.5. The van der Waals surface area contributed by atoms with Crippen LogP contribution in [0.2, 0.25) is 0 Å². The first-order valence-electron chi connectivity index (χ1n) is 7.50. The van der Waals surface area contributed by atoms with Gasteiger partial charge in [-0.2, -0.15) is 10.2 Å². The topological polar surface area (TPSA) is 70.1 Å². The molecule has 0 aliphatic heterocycles. The van der Waals surface area contributed by atoms with E-state index in [1.165, 1.54) is 0 Å². The second-order valence-corrected chi connectivity index (χ2v) is 7.73. The molecule has 5 nitrogen and oxygen atoms in total. The molecule has 0 aliphatic rings. The van der Waals surface area contributed by atoms with Crippen LogP contribution >= 0.6 is 27.3 Å². The summed E-state index contributed by atoms with van der Waals surface area (Å²) in [5, 5.41) is 10.9. The minimum absolute atomic E-state index is 0.293. The fraction of sp³-hybridized carbons (Fsp3) is 0.0556. The number of nitrogens with zero attached hydrogens (tertiary/aromatic N) is 2. The summed E-state index contributed by atoms with van der Waals surface area (Å²) in [7, 11) is 0. The van der Waals surface area contributed by atoms with Crippen LogP contribution < -0.4 is 5.43 Å². The molecule has 0 aliphatic carbocycles. The Kier molecular flexibility index (Phi) is 5.57. The van der Waals surface area contributed by atoms with E-state index in [4.69, 9.17) is 0 Å². The fourth-order valence-electron chi connectivity index (χ4n) is 2.12. The van der Waals surface area contributed by atoms with Crippen molar-refractivity contribution in [2.75, 3.05) is 0 Å². The molecule has 0 unspecified atom stereocenters. The summed E-state index contributed by atoms with van der Waals surface area (Å²) >= 11 is 4.98. The Labute approximate surface area is 157 Å². The molecule has 0 atom stereocenters. The minimum atomic E-state index is -0.359. The standard InChI is InChI=1S/C18H15BrN4OS/c1-12(9-13-5-3-2-4-6-13)11-20-23-18(24)15-10-14(21-22-15)16-7-8-17(19)25-16/h2-11H,1H3,(H,21,22)(H,23,24)/b12-9+,20-11-. The summed E-state index contributed by atoms with van der Waals surface area (Å²) < 4.78 is 1.02. The fourth-order valence-corrected chi connectivity index (χ4v) is 3.47. The van der Waals surface area contributed by atoms with Crippen molar-refractivity contribution in [2.45, 2.75) is 6.92 Å². The zero-order valence-corrected chi connectivity index (χ0v) is 15.8. The first kappa shape index (κ1) is 17.3. The van der Waals surface area contributed by atoms with Crippen molar-refractivity contribution >= 4 is 45.5 Å². The Morgan fingerprint density at radius 1 is 1.28 bits per heavy atom. The second kappa shape index (κ2) is 8.04. The molecule has 0 saturated carbocycles. The van der Waals surface area contributed by atoms with Crippen LogP contribution in [0.25, 0.3) is 16.6 Å². The molecule has 0 spiro atoms. The number of thiophene rings is 1. The van der Waals surface area contributed by atoms with E-state index in [1.807, 2.05) is 55.5 Å². The average Bonchev–Trinajstić information content (AvgIpc) is 3.24. The van der Waals surface area contributed by atoms with E-state index in [0.717, 1.165) is 25.5 Å². The lowest BCUT2D eigenvalue weighted by molar-refractivity contribution is 0.0950. The lowest BCUT2D eigenvalue weighted by Gasteiger charge is -1.96. The van der Waals surface area contributed by atoms with Crippen molar-refractivity contribution < 1.29 is 4.79 Å². The number of hydrogen-bond acceptors (Lipinski definition) is 4. The number of benzene rings is 1. The zero-order valence-electron chi connectivity index (χ0n) is 13.4. The van der Waals surface area contributed by atoms with Gasteiger partial charge in [-0.15, -0.1) is 11.3 Å². The van der Waals surface area contributed by atoms with Crippen molar-refractivity contribution in [2.24, 2.45) is 5.10 Å². The third-order valence-electron chi connectivity index (χ3n) is 3.28. The summed E-state index contributed by atoms with van der Waals surface area (Å²) in [6.07, 6.45) is 3.59. The maximum absolute atomic E-state index is 12.1. The number of carbonyl (C=O) groups is 1. The predicted octanol–water partition coefficient (Wildman–Crippen LogP) is 4.72. The molecular weight excluding hydrogens is 400 g/mol. The van der Waals surface area contributed by atoms with E-state index in [2.05, 4.69) is 36.7 Å². The van der Waals surface area contributed by atoms with Crippen LogP contribution in [0.3, 0.4) is 0 Å². The van der Waals surface area contributed by atoms with Crippen LogP contribution in [0.4, 0.5) is 0 Å². The van der Waals surface area contributed by atoms with E-state index in [9.17, 15) is 4.79 Å². The maximum Gasteiger partial charge on any atom is 0.291 e. The first-order chi connectivity index (χ1) is 12.1. The number of hydrogen-bond donors (Lipinski definition) is 2. The van der Waals surface area contributed by atoms with Gasteiger partial charge in [-0.05, 0) is 52.2 Å². The van der Waals surface area contributed by atoms with Crippen LogP contribution in [0, 0.1) is 0 Å². The Balaban J connectivity index is 1.61. The van der Waals surface area contributed by atoms with Crippen molar-refractivity contribution in [1.82, 2.24) is 15.6 Å². The van der Waals surface area contributed by atoms with Crippen molar-refractivity contribution in [3.63, 3.8) is 0 Å². The molecule has 3 rings (SSSR count). The van der Waals surface area contributed by atoms with Gasteiger partial charge in [0.05, 0.1) is 20.6 Å². The Hall–Kier alpha value is -2.51. The van der Waals surface area contributed by atoms with Crippen molar-refractivity contribution in [1.29, 1.82) is 0 Å². The molecule has 7 heteroatoms. The maximum atomic E-state index is 12.1. The molecule has 0 fully saturated rings. The molecule has 2 heterocycles. The third-order valence-corrected chi connectivity index (χ3v) is 4.93. The van der Waals surface area contributed by atoms with Crippen LogP contribution in [-0.2, 0) is 0 Å². The van der Waals surface area contributed by atoms with E-state index < -0.39 is 0 Å². The van der Waals surface area contributed by atoms with E-state index in [0.29, 0.717) is 5.69 Å². The van der Waals surface area contributed by atoms with Crippen LogP contribution in [0.15, 0.2) is 63.0 Å². The molecule has 25 heavy (non-hydrogen) atoms. The Bertz CT molecular complexity index is 927. The number of carbonyl (C=O) groups excluding carboxylic acids is 1. The van der Waals surface area contributed by atoms with Gasteiger partial charge in [0.15, 0.2) is 5.69 Å². The smallest absolute Gasteiger partial charge is 0.276 e. The van der Waals surface area contributed by atoms with E-state index in [1.54, 1.807) is 23.6 Å². The second-order valence-electron chi connectivity index (χ2n) is 5.27. The van der Waals surface area contributed by atoms with Gasteiger partial charge >= 0.3 is 0 Å². The highest BCUT2D eigenvalue weighted by atomic mass is 79.9. The monoisotopic (exact) mass is 414 g/mol. The molecule has 2 N–H and O–H groups in total. The van der Waals surface area contributed by atoms with Gasteiger partial charge in [0.25, 0.3) is 5.91 Å². The van der Waals surface area contributed by atoms with Crippen molar-refractivity contribution in [3.05, 3.63) is 69.1 Å². The summed E-state index contributed by atoms with van der Waals surface area (Å²) in [4.78, 5) is 13.1. The molecular formula is C18H15BrN4OS. The zero-order chi connectivity index (χ0) is 17.6. The lowest BCUT2D eigenvalue weighted by Crippen LogP contribution is -2.17. The normalized spacial score (nSPS) is 11.8. The van der Waals surface area contributed by atoms with Crippen LogP contribution in [0.1, 0.15) is 23.0 Å². The molecule has 1 amide bonds. The first-order valence-corrected chi connectivity index (χ1v) is 9.10. The number of amides is 1. The van der Waals surface area contributed by atoms with Crippen LogP contribution in [-0.4, -0.2) is 22.3 Å². The SMILES string of the molecule is CC(/C=N\NC(=O)c1cc(-c2ccc(Br)s2)[nH]n1)=C\c1ccccc1. The number of nitrogens with one attached hydrogen (secondary N) is 2. The number of hydrazone groups is 1. The third kappa shape index (κ3) is 4.74. The summed E-state index contributed by atoms with van der Waals surface area (Å²) in [5.41, 5.74) is 5.58. The Morgan fingerprint density at radius 3 is 2.80 bits per heavy atom. The van der Waals surface area contributed by atoms with Gasteiger partial charge in [0, 0.05) is 0 Å². The highest BCUT2D eigenvalue weighted by molar-refractivity contribution is 9.11. The number of halogens is 1. The van der Waals surface area contributed by atoms with E-state index >= 15 is 0 Å². The largest absolute Gasteiger partial charge is 0.291 e. The van der Waals surface area contributed by atoms with Gasteiger partial charge in [0.2, 0.25) is 0 Å². The predicted molar refractivity (Wildman–Crippen MR) is 106 cm³/mol. The molecule has 0 radical (unpaired) electrons. The number of allylic oxidation sites excluding steroid dienone is 1. The lowest BCUT2D eigenvalue weighted by atomic mass is 10.1. The van der Waals surface area contributed by atoms with Gasteiger partial charge in [-0.3, -0.25) is 9.89 Å². The molecule has 126 valence electrons. The minimum Gasteiger partial charge on any atom is -0.276 e.